The average molecular weight is 404 g/mol. The quantitative estimate of drug-likeness (QED) is 0.494. The lowest BCUT2D eigenvalue weighted by Crippen LogP contribution is -2.02. The van der Waals surface area contributed by atoms with Crippen molar-refractivity contribution in [2.45, 2.75) is 19.3 Å². The predicted octanol–water partition coefficient (Wildman–Crippen LogP) is 5.44. The molecule has 4 nitrogen and oxygen atoms in total. The van der Waals surface area contributed by atoms with Gasteiger partial charge in [0.2, 0.25) is 0 Å². The minimum Gasteiger partial charge on any atom is -0.488 e. The second-order valence-electron chi connectivity index (χ2n) is 7.02. The molecular formula is C24H18ClNO3. The van der Waals surface area contributed by atoms with E-state index in [1.165, 1.54) is 0 Å². The van der Waals surface area contributed by atoms with E-state index in [9.17, 15) is 5.11 Å². The Morgan fingerprint density at radius 2 is 1.90 bits per heavy atom. The molecule has 1 aliphatic heterocycles. The Bertz CT molecular complexity index is 1210. The normalized spacial score (nSPS) is 15.2. The van der Waals surface area contributed by atoms with Gasteiger partial charge in [-0.05, 0) is 53.6 Å². The molecule has 0 spiro atoms. The highest BCUT2D eigenvalue weighted by Crippen LogP contribution is 2.37. The lowest BCUT2D eigenvalue weighted by atomic mass is 9.97. The van der Waals surface area contributed by atoms with Crippen LogP contribution in [0.2, 0.25) is 5.02 Å². The van der Waals surface area contributed by atoms with Crippen LogP contribution in [0.25, 0.3) is 10.9 Å². The summed E-state index contributed by atoms with van der Waals surface area (Å²) in [7, 11) is 0. The number of fused-ring (bicyclic) bond motifs is 3. The SMILES string of the molecule is OC1c2ccccc2COc2ccc(OCc3ccc4cc(Cl)ccc4n3)cc21. The third kappa shape index (κ3) is 3.53. The summed E-state index contributed by atoms with van der Waals surface area (Å²) in [6, 6.07) is 22.8. The van der Waals surface area contributed by atoms with Gasteiger partial charge in [0.25, 0.3) is 0 Å². The van der Waals surface area contributed by atoms with Crippen LogP contribution in [0.4, 0.5) is 0 Å². The standard InChI is InChI=1S/C24H18ClNO3/c25-17-6-9-22-15(11-17)5-7-18(26-22)14-28-19-8-10-23-21(12-19)24(27)20-4-2-1-3-16(20)13-29-23/h1-12,24,27H,13-14H2. The van der Waals surface area contributed by atoms with Crippen molar-refractivity contribution in [3.05, 3.63) is 100 Å². The van der Waals surface area contributed by atoms with Crippen LogP contribution in [0.1, 0.15) is 28.5 Å². The first-order valence-corrected chi connectivity index (χ1v) is 9.76. The van der Waals surface area contributed by atoms with Crippen LogP contribution in [0, 0.1) is 0 Å². The molecule has 1 unspecified atom stereocenters. The molecule has 0 fully saturated rings. The molecule has 3 aromatic carbocycles. The van der Waals surface area contributed by atoms with Crippen LogP contribution in [0.5, 0.6) is 11.5 Å². The smallest absolute Gasteiger partial charge is 0.130 e. The van der Waals surface area contributed by atoms with Crippen molar-refractivity contribution in [2.75, 3.05) is 0 Å². The van der Waals surface area contributed by atoms with E-state index in [-0.39, 0.29) is 0 Å². The van der Waals surface area contributed by atoms with Crippen molar-refractivity contribution >= 4 is 22.5 Å². The number of aliphatic hydroxyl groups excluding tert-OH is 1. The molecule has 0 saturated heterocycles. The summed E-state index contributed by atoms with van der Waals surface area (Å²) in [5.74, 6) is 1.32. The van der Waals surface area contributed by atoms with E-state index < -0.39 is 6.10 Å². The third-order valence-corrected chi connectivity index (χ3v) is 5.34. The summed E-state index contributed by atoms with van der Waals surface area (Å²) in [5.41, 5.74) is 4.24. The number of aliphatic hydroxyl groups is 1. The van der Waals surface area contributed by atoms with E-state index in [0.29, 0.717) is 35.3 Å². The van der Waals surface area contributed by atoms with Crippen molar-refractivity contribution < 1.29 is 14.6 Å². The van der Waals surface area contributed by atoms with Crippen LogP contribution in [-0.2, 0) is 13.2 Å². The first kappa shape index (κ1) is 18.0. The van der Waals surface area contributed by atoms with Crippen molar-refractivity contribution in [3.8, 4) is 11.5 Å². The summed E-state index contributed by atoms with van der Waals surface area (Å²) in [6.07, 6.45) is -0.754. The minimum atomic E-state index is -0.754. The minimum absolute atomic E-state index is 0.324. The fourth-order valence-electron chi connectivity index (χ4n) is 3.59. The number of hydrogen-bond acceptors (Lipinski definition) is 4. The van der Waals surface area contributed by atoms with E-state index in [2.05, 4.69) is 4.98 Å². The van der Waals surface area contributed by atoms with Gasteiger partial charge in [-0.3, -0.25) is 0 Å². The van der Waals surface area contributed by atoms with Gasteiger partial charge in [-0.2, -0.15) is 0 Å². The Balaban J connectivity index is 1.39. The Labute approximate surface area is 173 Å². The Kier molecular flexibility index (Phi) is 4.58. The van der Waals surface area contributed by atoms with Crippen molar-refractivity contribution in [3.63, 3.8) is 0 Å². The molecular weight excluding hydrogens is 386 g/mol. The summed E-state index contributed by atoms with van der Waals surface area (Å²) < 4.78 is 11.8. The highest BCUT2D eigenvalue weighted by molar-refractivity contribution is 6.31. The number of benzene rings is 3. The zero-order chi connectivity index (χ0) is 19.8. The monoisotopic (exact) mass is 403 g/mol. The van der Waals surface area contributed by atoms with E-state index in [4.69, 9.17) is 21.1 Å². The van der Waals surface area contributed by atoms with Crippen LogP contribution in [0.3, 0.4) is 0 Å². The van der Waals surface area contributed by atoms with E-state index in [1.54, 1.807) is 0 Å². The highest BCUT2D eigenvalue weighted by atomic mass is 35.5. The van der Waals surface area contributed by atoms with Gasteiger partial charge >= 0.3 is 0 Å². The lowest BCUT2D eigenvalue weighted by Gasteiger charge is -2.15. The van der Waals surface area contributed by atoms with Crippen LogP contribution in [0.15, 0.2) is 72.8 Å². The highest BCUT2D eigenvalue weighted by Gasteiger charge is 2.23. The van der Waals surface area contributed by atoms with Gasteiger partial charge in [0, 0.05) is 16.0 Å². The molecule has 0 radical (unpaired) electrons. The molecule has 5 heteroatoms. The maximum absolute atomic E-state index is 10.9. The summed E-state index contributed by atoms with van der Waals surface area (Å²) >= 11 is 6.03. The number of rotatable bonds is 3. The number of pyridine rings is 1. The molecule has 0 saturated carbocycles. The largest absolute Gasteiger partial charge is 0.488 e. The first-order chi connectivity index (χ1) is 14.2. The molecule has 1 N–H and O–H groups in total. The number of ether oxygens (including phenoxy) is 2. The van der Waals surface area contributed by atoms with Gasteiger partial charge in [-0.1, -0.05) is 41.9 Å². The fourth-order valence-corrected chi connectivity index (χ4v) is 3.77. The summed E-state index contributed by atoms with van der Waals surface area (Å²) in [5, 5.41) is 12.6. The van der Waals surface area contributed by atoms with Crippen molar-refractivity contribution in [1.29, 1.82) is 0 Å². The van der Waals surface area contributed by atoms with Gasteiger partial charge in [-0.15, -0.1) is 0 Å². The van der Waals surface area contributed by atoms with Crippen molar-refractivity contribution in [2.24, 2.45) is 0 Å². The zero-order valence-corrected chi connectivity index (χ0v) is 16.3. The van der Waals surface area contributed by atoms with Gasteiger partial charge in [0.15, 0.2) is 0 Å². The first-order valence-electron chi connectivity index (χ1n) is 9.38. The molecule has 5 rings (SSSR count). The Hall–Kier alpha value is -3.08. The zero-order valence-electron chi connectivity index (χ0n) is 15.5. The molecule has 4 aromatic rings. The van der Waals surface area contributed by atoms with Gasteiger partial charge in [0.1, 0.15) is 30.8 Å². The molecule has 0 amide bonds. The average Bonchev–Trinajstić information content (AvgIpc) is 2.89. The summed E-state index contributed by atoms with van der Waals surface area (Å²) in [4.78, 5) is 4.62. The maximum atomic E-state index is 10.9. The molecule has 144 valence electrons. The molecule has 29 heavy (non-hydrogen) atoms. The number of halogens is 1. The van der Waals surface area contributed by atoms with Crippen molar-refractivity contribution in [1.82, 2.24) is 4.98 Å². The van der Waals surface area contributed by atoms with Gasteiger partial charge < -0.3 is 14.6 Å². The Morgan fingerprint density at radius 1 is 1.00 bits per heavy atom. The Morgan fingerprint density at radius 3 is 2.83 bits per heavy atom. The third-order valence-electron chi connectivity index (χ3n) is 5.10. The van der Waals surface area contributed by atoms with E-state index >= 15 is 0 Å². The maximum Gasteiger partial charge on any atom is 0.130 e. The number of hydrogen-bond donors (Lipinski definition) is 1. The lowest BCUT2D eigenvalue weighted by molar-refractivity contribution is 0.217. The van der Waals surface area contributed by atoms with Crippen LogP contribution < -0.4 is 9.47 Å². The van der Waals surface area contributed by atoms with Crippen LogP contribution >= 0.6 is 11.6 Å². The number of nitrogens with zero attached hydrogens (tertiary/aromatic N) is 1. The molecule has 2 heterocycles. The fraction of sp³-hybridized carbons (Fsp3) is 0.125. The molecule has 1 aliphatic rings. The summed E-state index contributed by atoms with van der Waals surface area (Å²) in [6.45, 7) is 0.760. The predicted molar refractivity (Wildman–Crippen MR) is 112 cm³/mol. The van der Waals surface area contributed by atoms with E-state index in [1.807, 2.05) is 72.8 Å². The second-order valence-corrected chi connectivity index (χ2v) is 7.45. The van der Waals surface area contributed by atoms with Gasteiger partial charge in [-0.25, -0.2) is 4.98 Å². The van der Waals surface area contributed by atoms with E-state index in [0.717, 1.165) is 27.7 Å². The topological polar surface area (TPSA) is 51.6 Å². The van der Waals surface area contributed by atoms with Gasteiger partial charge in [0.05, 0.1) is 11.2 Å². The second kappa shape index (κ2) is 7.39. The molecule has 0 aliphatic carbocycles. The number of aromatic nitrogens is 1. The molecule has 1 atom stereocenters. The molecule has 1 aromatic heterocycles. The van der Waals surface area contributed by atoms with Crippen LogP contribution in [-0.4, -0.2) is 10.1 Å². The molecule has 0 bridgehead atoms.